The van der Waals surface area contributed by atoms with Crippen LogP contribution in [0.1, 0.15) is 24.7 Å². The summed E-state index contributed by atoms with van der Waals surface area (Å²) in [5, 5.41) is 0.477. The molecule has 0 saturated carbocycles. The lowest BCUT2D eigenvalue weighted by Gasteiger charge is -2.04. The van der Waals surface area contributed by atoms with E-state index in [2.05, 4.69) is 11.5 Å². The van der Waals surface area contributed by atoms with Crippen LogP contribution < -0.4 is 21.5 Å². The first-order chi connectivity index (χ1) is 8.63. The van der Waals surface area contributed by atoms with E-state index in [-0.39, 0.29) is 22.8 Å². The highest BCUT2D eigenvalue weighted by atomic mass is 79.9. The second-order valence-electron chi connectivity index (χ2n) is 4.37. The van der Waals surface area contributed by atoms with Crippen LogP contribution in [-0.2, 0) is 13.1 Å². The zero-order valence-corrected chi connectivity index (χ0v) is 13.4. The molecule has 0 aliphatic rings. The molecule has 0 atom stereocenters. The first-order valence-electron chi connectivity index (χ1n) is 6.11. The fourth-order valence-corrected chi connectivity index (χ4v) is 2.26. The van der Waals surface area contributed by atoms with Gasteiger partial charge in [-0.05, 0) is 18.6 Å². The maximum atomic E-state index is 13.7. The maximum absolute atomic E-state index is 13.7. The predicted molar refractivity (Wildman–Crippen MR) is 70.2 cm³/mol. The van der Waals surface area contributed by atoms with Crippen LogP contribution >= 0.6 is 11.6 Å². The summed E-state index contributed by atoms with van der Waals surface area (Å²) in [6.07, 6.45) is 5.07. The molecule has 5 heteroatoms. The van der Waals surface area contributed by atoms with Gasteiger partial charge >= 0.3 is 0 Å². The van der Waals surface area contributed by atoms with Gasteiger partial charge in [-0.3, -0.25) is 0 Å². The number of hydrogen-bond acceptors (Lipinski definition) is 0. The fourth-order valence-electron chi connectivity index (χ4n) is 2.04. The minimum Gasteiger partial charge on any atom is -1.00 e. The van der Waals surface area contributed by atoms with Crippen LogP contribution in [0.3, 0.4) is 0 Å². The van der Waals surface area contributed by atoms with Crippen LogP contribution in [0.15, 0.2) is 30.6 Å². The Morgan fingerprint density at radius 1 is 1.37 bits per heavy atom. The Hall–Kier alpha value is -0.870. The van der Waals surface area contributed by atoms with E-state index >= 15 is 0 Å². The molecule has 0 aliphatic carbocycles. The summed E-state index contributed by atoms with van der Waals surface area (Å²) >= 11 is 6.04. The van der Waals surface area contributed by atoms with Gasteiger partial charge in [-0.2, -0.15) is 0 Å². The van der Waals surface area contributed by atoms with E-state index in [0.717, 1.165) is 18.8 Å². The summed E-state index contributed by atoms with van der Waals surface area (Å²) in [4.78, 5) is 0. The maximum Gasteiger partial charge on any atom is 0.253 e. The molecule has 1 aromatic heterocycles. The average molecular weight is 348 g/mol. The van der Waals surface area contributed by atoms with E-state index < -0.39 is 0 Å². The summed E-state index contributed by atoms with van der Waals surface area (Å²) in [7, 11) is 0. The number of rotatable bonds is 4. The van der Waals surface area contributed by atoms with Crippen LogP contribution in [0.2, 0.25) is 5.02 Å². The average Bonchev–Trinajstić information content (AvgIpc) is 2.67. The third-order valence-electron chi connectivity index (χ3n) is 3.11. The lowest BCUT2D eigenvalue weighted by molar-refractivity contribution is -0.694. The van der Waals surface area contributed by atoms with Crippen LogP contribution in [0.25, 0.3) is 0 Å². The minimum absolute atomic E-state index is 0. The highest BCUT2D eigenvalue weighted by Crippen LogP contribution is 2.18. The molecule has 1 heterocycles. The quantitative estimate of drug-likeness (QED) is 0.705. The molecule has 0 bridgehead atoms. The predicted octanol–water partition coefficient (Wildman–Crippen LogP) is 0.339. The number of nitrogens with zero attached hydrogens (tertiary/aromatic N) is 2. The zero-order valence-electron chi connectivity index (χ0n) is 11.0. The van der Waals surface area contributed by atoms with E-state index in [0.29, 0.717) is 17.1 Å². The van der Waals surface area contributed by atoms with E-state index in [9.17, 15) is 4.39 Å². The van der Waals surface area contributed by atoms with Gasteiger partial charge < -0.3 is 17.0 Å². The minimum atomic E-state index is -0.252. The summed E-state index contributed by atoms with van der Waals surface area (Å²) in [6.45, 7) is 5.61. The monoisotopic (exact) mass is 346 g/mol. The number of aryl methyl sites for hydroxylation is 1. The molecule has 0 fully saturated rings. The van der Waals surface area contributed by atoms with E-state index in [4.69, 9.17) is 11.6 Å². The van der Waals surface area contributed by atoms with E-state index in [1.807, 2.05) is 23.9 Å². The lowest BCUT2D eigenvalue weighted by atomic mass is 10.2. The largest absolute Gasteiger partial charge is 1.00 e. The second kappa shape index (κ2) is 7.06. The Morgan fingerprint density at radius 3 is 2.74 bits per heavy atom. The Kier molecular flexibility index (Phi) is 6.01. The zero-order chi connectivity index (χ0) is 13.1. The van der Waals surface area contributed by atoms with Crippen molar-refractivity contribution in [3.8, 4) is 0 Å². The molecular weight excluding hydrogens is 331 g/mol. The summed E-state index contributed by atoms with van der Waals surface area (Å²) < 4.78 is 17.9. The van der Waals surface area contributed by atoms with Crippen molar-refractivity contribution in [1.82, 2.24) is 4.57 Å². The second-order valence-corrected chi connectivity index (χ2v) is 4.77. The van der Waals surface area contributed by atoms with Gasteiger partial charge in [0.1, 0.15) is 24.8 Å². The molecule has 0 aliphatic heterocycles. The molecule has 0 spiro atoms. The van der Waals surface area contributed by atoms with Crippen molar-refractivity contribution in [3.05, 3.63) is 52.8 Å². The first-order valence-corrected chi connectivity index (χ1v) is 6.49. The van der Waals surface area contributed by atoms with Crippen LogP contribution in [0, 0.1) is 12.7 Å². The Bertz CT molecular complexity index is 534. The number of benzene rings is 1. The molecule has 0 N–H and O–H groups in total. The van der Waals surface area contributed by atoms with Gasteiger partial charge in [0.05, 0.1) is 11.6 Å². The molecule has 104 valence electrons. The first kappa shape index (κ1) is 16.2. The van der Waals surface area contributed by atoms with Crippen LogP contribution in [-0.4, -0.2) is 4.57 Å². The van der Waals surface area contributed by atoms with Gasteiger partial charge in [-0.15, -0.1) is 0 Å². The molecule has 1 aromatic carbocycles. The molecule has 0 radical (unpaired) electrons. The van der Waals surface area contributed by atoms with E-state index in [1.165, 1.54) is 6.07 Å². The SMILES string of the molecule is CCCn1cc[n+](Cc2c(F)cccc2Cl)c1C.[Br-]. The van der Waals surface area contributed by atoms with Crippen molar-refractivity contribution in [2.75, 3.05) is 0 Å². The number of halogens is 3. The normalized spacial score (nSPS) is 10.3. The number of hydrogen-bond donors (Lipinski definition) is 0. The highest BCUT2D eigenvalue weighted by Gasteiger charge is 2.15. The molecule has 19 heavy (non-hydrogen) atoms. The standard InChI is InChI=1S/C14H17ClFN2.BrH/c1-3-7-17-8-9-18(11(17)2)10-12-13(15)5-4-6-14(12)16;/h4-6,8-9H,3,7,10H2,1-2H3;1H/q+1;/p-1. The van der Waals surface area contributed by atoms with Crippen molar-refractivity contribution in [3.63, 3.8) is 0 Å². The van der Waals surface area contributed by atoms with Gasteiger partial charge in [-0.1, -0.05) is 24.6 Å². The van der Waals surface area contributed by atoms with Gasteiger partial charge in [0.15, 0.2) is 0 Å². The summed E-state index contributed by atoms with van der Waals surface area (Å²) in [6, 6.07) is 4.79. The highest BCUT2D eigenvalue weighted by molar-refractivity contribution is 6.31. The lowest BCUT2D eigenvalue weighted by Crippen LogP contribution is -3.00. The van der Waals surface area contributed by atoms with Crippen LogP contribution in [0.4, 0.5) is 4.39 Å². The Labute approximate surface area is 128 Å². The van der Waals surface area contributed by atoms with Gasteiger partial charge in [0.2, 0.25) is 0 Å². The van der Waals surface area contributed by atoms with Crippen molar-refractivity contribution < 1.29 is 25.9 Å². The van der Waals surface area contributed by atoms with Gasteiger partial charge in [0, 0.05) is 12.5 Å². The van der Waals surface area contributed by atoms with Crippen LogP contribution in [0.5, 0.6) is 0 Å². The molecule has 2 nitrogen and oxygen atoms in total. The molecule has 2 aromatic rings. The Morgan fingerprint density at radius 2 is 2.11 bits per heavy atom. The summed E-state index contributed by atoms with van der Waals surface area (Å²) in [5.74, 6) is 0.855. The van der Waals surface area contributed by atoms with Crippen molar-refractivity contribution in [2.45, 2.75) is 33.4 Å². The smallest absolute Gasteiger partial charge is 0.253 e. The van der Waals surface area contributed by atoms with Crippen molar-refractivity contribution in [1.29, 1.82) is 0 Å². The molecule has 0 unspecified atom stereocenters. The molecule has 0 saturated heterocycles. The van der Waals surface area contributed by atoms with Gasteiger partial charge in [-0.25, -0.2) is 13.5 Å². The number of imidazole rings is 1. The van der Waals surface area contributed by atoms with Crippen molar-refractivity contribution >= 4 is 11.6 Å². The topological polar surface area (TPSA) is 8.81 Å². The summed E-state index contributed by atoms with van der Waals surface area (Å²) in [5.41, 5.74) is 0.543. The number of aromatic nitrogens is 2. The fraction of sp³-hybridized carbons (Fsp3) is 0.357. The van der Waals surface area contributed by atoms with E-state index in [1.54, 1.807) is 12.1 Å². The molecule has 2 rings (SSSR count). The Balaban J connectivity index is 0.00000180. The third kappa shape index (κ3) is 3.57. The third-order valence-corrected chi connectivity index (χ3v) is 3.47. The molecular formula is C14H17BrClFN2. The molecule has 0 amide bonds. The van der Waals surface area contributed by atoms with Gasteiger partial charge in [0.25, 0.3) is 5.82 Å². The van der Waals surface area contributed by atoms with Crippen molar-refractivity contribution in [2.24, 2.45) is 0 Å².